The molecule has 15 heavy (non-hydrogen) atoms. The highest BCUT2D eigenvalue weighted by Gasteiger charge is 2.26. The molecule has 0 spiro atoms. The molecule has 1 atom stereocenters. The van der Waals surface area contributed by atoms with E-state index in [0.717, 1.165) is 12.8 Å². The lowest BCUT2D eigenvalue weighted by molar-refractivity contribution is -0.0807. The van der Waals surface area contributed by atoms with Crippen molar-refractivity contribution in [3.63, 3.8) is 0 Å². The molecule has 0 aromatic carbocycles. The van der Waals surface area contributed by atoms with E-state index in [-0.39, 0.29) is 6.10 Å². The molecule has 0 amide bonds. The Bertz CT molecular complexity index is 143. The molecular weight excluding hydrogens is 188 g/mol. The molecule has 2 heteroatoms. The number of hydrogen-bond donors (Lipinski definition) is 1. The molecule has 0 saturated heterocycles. The molecule has 0 aromatic rings. The molecule has 0 aliphatic rings. The van der Waals surface area contributed by atoms with E-state index in [2.05, 4.69) is 6.92 Å². The smallest absolute Gasteiger partial charge is 0.0880 e. The van der Waals surface area contributed by atoms with Crippen LogP contribution in [0.25, 0.3) is 0 Å². The summed E-state index contributed by atoms with van der Waals surface area (Å²) in [6, 6.07) is 0. The van der Waals surface area contributed by atoms with Crippen molar-refractivity contribution in [3.05, 3.63) is 0 Å². The first-order valence-electron chi connectivity index (χ1n) is 6.27. The van der Waals surface area contributed by atoms with Gasteiger partial charge >= 0.3 is 0 Å². The third-order valence-electron chi connectivity index (χ3n) is 3.16. The van der Waals surface area contributed by atoms with Crippen LogP contribution in [0, 0.1) is 0 Å². The normalized spacial score (nSPS) is 14.2. The number of aliphatic hydroxyl groups excluding tert-OH is 1. The maximum Gasteiger partial charge on any atom is 0.0880 e. The van der Waals surface area contributed by atoms with E-state index in [1.54, 1.807) is 7.11 Å². The average molecular weight is 216 g/mol. The maximum absolute atomic E-state index is 9.85. The van der Waals surface area contributed by atoms with Gasteiger partial charge in [0.15, 0.2) is 0 Å². The third-order valence-corrected chi connectivity index (χ3v) is 3.16. The fourth-order valence-electron chi connectivity index (χ4n) is 1.60. The summed E-state index contributed by atoms with van der Waals surface area (Å²) >= 11 is 0. The molecule has 0 bridgehead atoms. The summed E-state index contributed by atoms with van der Waals surface area (Å²) in [7, 11) is 1.66. The minimum atomic E-state index is -0.399. The Hall–Kier alpha value is -0.0800. The van der Waals surface area contributed by atoms with Gasteiger partial charge in [0.2, 0.25) is 0 Å². The van der Waals surface area contributed by atoms with Crippen LogP contribution in [0.3, 0.4) is 0 Å². The summed E-state index contributed by atoms with van der Waals surface area (Å²) in [4.78, 5) is 0. The molecule has 1 unspecified atom stereocenters. The predicted octanol–water partition coefficient (Wildman–Crippen LogP) is 3.52. The van der Waals surface area contributed by atoms with Gasteiger partial charge < -0.3 is 9.84 Å². The fourth-order valence-corrected chi connectivity index (χ4v) is 1.60. The number of hydrogen-bond acceptors (Lipinski definition) is 2. The Morgan fingerprint density at radius 2 is 1.60 bits per heavy atom. The minimum absolute atomic E-state index is 0.339. The van der Waals surface area contributed by atoms with Gasteiger partial charge in [-0.15, -0.1) is 0 Å². The summed E-state index contributed by atoms with van der Waals surface area (Å²) in [5.74, 6) is 0. The number of aliphatic hydroxyl groups is 1. The highest BCUT2D eigenvalue weighted by atomic mass is 16.5. The SMILES string of the molecule is CCCCCCCCC(O)C(C)(C)OC. The van der Waals surface area contributed by atoms with Gasteiger partial charge in [-0.3, -0.25) is 0 Å². The Labute approximate surface area is 95.0 Å². The molecule has 0 saturated carbocycles. The first-order chi connectivity index (χ1) is 7.04. The van der Waals surface area contributed by atoms with E-state index >= 15 is 0 Å². The van der Waals surface area contributed by atoms with Crippen LogP contribution < -0.4 is 0 Å². The lowest BCUT2D eigenvalue weighted by Gasteiger charge is -2.29. The molecule has 0 rings (SSSR count). The third kappa shape index (κ3) is 6.91. The van der Waals surface area contributed by atoms with Crippen molar-refractivity contribution in [2.45, 2.75) is 77.4 Å². The van der Waals surface area contributed by atoms with Crippen molar-refractivity contribution in [1.29, 1.82) is 0 Å². The largest absolute Gasteiger partial charge is 0.390 e. The van der Waals surface area contributed by atoms with Crippen molar-refractivity contribution < 1.29 is 9.84 Å². The summed E-state index contributed by atoms with van der Waals surface area (Å²) in [5, 5.41) is 9.85. The Balaban J connectivity index is 3.43. The monoisotopic (exact) mass is 216 g/mol. The van der Waals surface area contributed by atoms with Gasteiger partial charge in [0, 0.05) is 7.11 Å². The molecule has 2 nitrogen and oxygen atoms in total. The van der Waals surface area contributed by atoms with Crippen molar-refractivity contribution in [2.24, 2.45) is 0 Å². The minimum Gasteiger partial charge on any atom is -0.390 e. The van der Waals surface area contributed by atoms with Crippen LogP contribution in [0.15, 0.2) is 0 Å². The second-order valence-corrected chi connectivity index (χ2v) is 4.88. The van der Waals surface area contributed by atoms with Gasteiger partial charge in [-0.2, -0.15) is 0 Å². The molecule has 0 radical (unpaired) electrons. The lowest BCUT2D eigenvalue weighted by atomic mass is 9.96. The van der Waals surface area contributed by atoms with Gasteiger partial charge in [-0.1, -0.05) is 45.4 Å². The van der Waals surface area contributed by atoms with E-state index in [9.17, 15) is 5.11 Å². The summed E-state index contributed by atoms with van der Waals surface area (Å²) in [5.41, 5.74) is -0.399. The van der Waals surface area contributed by atoms with Gasteiger partial charge in [-0.05, 0) is 20.3 Å². The first-order valence-corrected chi connectivity index (χ1v) is 6.27. The predicted molar refractivity (Wildman–Crippen MR) is 65.1 cm³/mol. The van der Waals surface area contributed by atoms with Crippen molar-refractivity contribution in [1.82, 2.24) is 0 Å². The molecule has 0 aliphatic heterocycles. The topological polar surface area (TPSA) is 29.5 Å². The van der Waals surface area contributed by atoms with Crippen molar-refractivity contribution >= 4 is 0 Å². The number of unbranched alkanes of at least 4 members (excludes halogenated alkanes) is 5. The number of methoxy groups -OCH3 is 1. The van der Waals surface area contributed by atoms with Crippen LogP contribution in [0.5, 0.6) is 0 Å². The van der Waals surface area contributed by atoms with Crippen LogP contribution in [0.2, 0.25) is 0 Å². The summed E-state index contributed by atoms with van der Waals surface area (Å²) < 4.78 is 5.25. The zero-order valence-electron chi connectivity index (χ0n) is 10.9. The van der Waals surface area contributed by atoms with Crippen LogP contribution in [0.1, 0.15) is 65.7 Å². The highest BCUT2D eigenvalue weighted by molar-refractivity contribution is 4.77. The zero-order valence-corrected chi connectivity index (χ0v) is 10.9. The molecule has 0 aromatic heterocycles. The van der Waals surface area contributed by atoms with Crippen molar-refractivity contribution in [2.75, 3.05) is 7.11 Å². The molecule has 1 N–H and O–H groups in total. The van der Waals surface area contributed by atoms with Crippen molar-refractivity contribution in [3.8, 4) is 0 Å². The Morgan fingerprint density at radius 3 is 2.13 bits per heavy atom. The van der Waals surface area contributed by atoms with Crippen LogP contribution in [-0.4, -0.2) is 23.9 Å². The van der Waals surface area contributed by atoms with Gasteiger partial charge in [0.05, 0.1) is 11.7 Å². The number of rotatable bonds is 9. The second kappa shape index (κ2) is 8.12. The molecule has 0 heterocycles. The average Bonchev–Trinajstić information content (AvgIpc) is 2.22. The van der Waals surface area contributed by atoms with E-state index in [4.69, 9.17) is 4.74 Å². The van der Waals surface area contributed by atoms with E-state index in [1.807, 2.05) is 13.8 Å². The van der Waals surface area contributed by atoms with Crippen LogP contribution >= 0.6 is 0 Å². The van der Waals surface area contributed by atoms with E-state index < -0.39 is 5.60 Å². The fraction of sp³-hybridized carbons (Fsp3) is 1.00. The van der Waals surface area contributed by atoms with Crippen LogP contribution in [0.4, 0.5) is 0 Å². The van der Waals surface area contributed by atoms with Gasteiger partial charge in [-0.25, -0.2) is 0 Å². The maximum atomic E-state index is 9.85. The van der Waals surface area contributed by atoms with Gasteiger partial charge in [0.25, 0.3) is 0 Å². The molecule has 0 fully saturated rings. The zero-order chi connectivity index (χ0) is 11.7. The Kier molecular flexibility index (Phi) is 8.07. The standard InChI is InChI=1S/C13H28O2/c1-5-6-7-8-9-10-11-12(14)13(2,3)15-4/h12,14H,5-11H2,1-4H3. The lowest BCUT2D eigenvalue weighted by Crippen LogP contribution is -2.37. The van der Waals surface area contributed by atoms with Crippen LogP contribution in [-0.2, 0) is 4.74 Å². The Morgan fingerprint density at radius 1 is 1.07 bits per heavy atom. The first kappa shape index (κ1) is 14.9. The van der Waals surface area contributed by atoms with E-state index in [0.29, 0.717) is 0 Å². The van der Waals surface area contributed by atoms with E-state index in [1.165, 1.54) is 32.1 Å². The summed E-state index contributed by atoms with van der Waals surface area (Å²) in [6.45, 7) is 6.11. The molecule has 92 valence electrons. The second-order valence-electron chi connectivity index (χ2n) is 4.88. The summed E-state index contributed by atoms with van der Waals surface area (Å²) in [6.07, 6.45) is 8.12. The van der Waals surface area contributed by atoms with Gasteiger partial charge in [0.1, 0.15) is 0 Å². The molecular formula is C13H28O2. The number of ether oxygens (including phenoxy) is 1. The quantitative estimate of drug-likeness (QED) is 0.597. The molecule has 0 aliphatic carbocycles. The highest BCUT2D eigenvalue weighted by Crippen LogP contribution is 2.19.